The van der Waals surface area contributed by atoms with Crippen molar-refractivity contribution in [1.82, 2.24) is 0 Å². The summed E-state index contributed by atoms with van der Waals surface area (Å²) in [6, 6.07) is 4.05. The Hall–Kier alpha value is -0.740. The highest BCUT2D eigenvalue weighted by molar-refractivity contribution is 9.10. The second-order valence-corrected chi connectivity index (χ2v) is 6.04. The molecule has 0 aliphatic heterocycles. The van der Waals surface area contributed by atoms with Crippen LogP contribution in [-0.4, -0.2) is 19.8 Å². The van der Waals surface area contributed by atoms with Gasteiger partial charge in [-0.2, -0.15) is 0 Å². The van der Waals surface area contributed by atoms with Gasteiger partial charge in [0.25, 0.3) is 0 Å². The van der Waals surface area contributed by atoms with E-state index in [0.29, 0.717) is 18.6 Å². The molecule has 1 aromatic rings. The number of halogens is 1. The normalized spacial score (nSPS) is 17.5. The van der Waals surface area contributed by atoms with Gasteiger partial charge in [0.05, 0.1) is 13.2 Å². The Balaban J connectivity index is 2.25. The van der Waals surface area contributed by atoms with Crippen molar-refractivity contribution in [3.8, 4) is 11.5 Å². The summed E-state index contributed by atoms with van der Waals surface area (Å²) >= 11 is 3.61. The standard InChI is InChI=1S/C15H22BrNO2/c1-10(9-17)12-7-14(18-2)15(8-13(12)16)19-11-5-3-4-6-11/h7-8,10-11H,3-6,9,17H2,1-2H3. The highest BCUT2D eigenvalue weighted by atomic mass is 79.9. The first-order valence-electron chi connectivity index (χ1n) is 6.89. The van der Waals surface area contributed by atoms with Crippen LogP contribution in [0, 0.1) is 0 Å². The zero-order valence-corrected chi connectivity index (χ0v) is 13.2. The number of hydrogen-bond donors (Lipinski definition) is 1. The first kappa shape index (κ1) is 14.7. The molecule has 1 unspecified atom stereocenters. The highest BCUT2D eigenvalue weighted by Gasteiger charge is 2.20. The molecule has 0 heterocycles. The fourth-order valence-electron chi connectivity index (χ4n) is 2.49. The van der Waals surface area contributed by atoms with Crippen molar-refractivity contribution in [2.24, 2.45) is 5.73 Å². The van der Waals surface area contributed by atoms with Crippen LogP contribution in [0.15, 0.2) is 16.6 Å². The van der Waals surface area contributed by atoms with E-state index in [0.717, 1.165) is 34.4 Å². The van der Waals surface area contributed by atoms with E-state index < -0.39 is 0 Å². The van der Waals surface area contributed by atoms with Gasteiger partial charge < -0.3 is 15.2 Å². The van der Waals surface area contributed by atoms with Crippen molar-refractivity contribution >= 4 is 15.9 Å². The molecule has 2 N–H and O–H groups in total. The maximum atomic E-state index is 6.06. The fourth-order valence-corrected chi connectivity index (χ4v) is 3.21. The number of benzene rings is 1. The van der Waals surface area contributed by atoms with Gasteiger partial charge in [-0.1, -0.05) is 22.9 Å². The number of methoxy groups -OCH3 is 1. The molecule has 1 atom stereocenters. The lowest BCUT2D eigenvalue weighted by Crippen LogP contribution is -2.13. The molecule has 0 spiro atoms. The van der Waals surface area contributed by atoms with Crippen LogP contribution in [0.4, 0.5) is 0 Å². The zero-order valence-electron chi connectivity index (χ0n) is 11.6. The van der Waals surface area contributed by atoms with Crippen LogP contribution in [-0.2, 0) is 0 Å². The zero-order chi connectivity index (χ0) is 13.8. The number of ether oxygens (including phenoxy) is 2. The summed E-state index contributed by atoms with van der Waals surface area (Å²) in [6.07, 6.45) is 5.13. The highest BCUT2D eigenvalue weighted by Crippen LogP contribution is 2.38. The Morgan fingerprint density at radius 1 is 1.32 bits per heavy atom. The summed E-state index contributed by atoms with van der Waals surface area (Å²) < 4.78 is 12.6. The third-order valence-corrected chi connectivity index (χ3v) is 4.45. The van der Waals surface area contributed by atoms with Gasteiger partial charge in [-0.3, -0.25) is 0 Å². The minimum absolute atomic E-state index is 0.295. The quantitative estimate of drug-likeness (QED) is 0.893. The summed E-state index contributed by atoms with van der Waals surface area (Å²) in [6.45, 7) is 2.72. The number of hydrogen-bond acceptors (Lipinski definition) is 3. The lowest BCUT2D eigenvalue weighted by atomic mass is 10.0. The summed E-state index contributed by atoms with van der Waals surface area (Å²) in [5.41, 5.74) is 6.91. The molecule has 2 rings (SSSR count). The topological polar surface area (TPSA) is 44.5 Å². The Morgan fingerprint density at radius 2 is 2.00 bits per heavy atom. The van der Waals surface area contributed by atoms with Crippen LogP contribution in [0.25, 0.3) is 0 Å². The first-order valence-corrected chi connectivity index (χ1v) is 7.69. The van der Waals surface area contributed by atoms with E-state index >= 15 is 0 Å². The van der Waals surface area contributed by atoms with Gasteiger partial charge in [-0.05, 0) is 55.8 Å². The summed E-state index contributed by atoms with van der Waals surface area (Å²) in [4.78, 5) is 0. The van der Waals surface area contributed by atoms with E-state index in [9.17, 15) is 0 Å². The summed E-state index contributed by atoms with van der Waals surface area (Å²) in [5.74, 6) is 1.92. The van der Waals surface area contributed by atoms with Gasteiger partial charge in [0.1, 0.15) is 0 Å². The number of rotatable bonds is 5. The molecule has 0 amide bonds. The molecule has 1 saturated carbocycles. The minimum Gasteiger partial charge on any atom is -0.493 e. The van der Waals surface area contributed by atoms with Crippen molar-refractivity contribution in [3.05, 3.63) is 22.2 Å². The molecule has 0 aromatic heterocycles. The Morgan fingerprint density at radius 3 is 2.58 bits per heavy atom. The largest absolute Gasteiger partial charge is 0.493 e. The van der Waals surface area contributed by atoms with Crippen LogP contribution in [0.1, 0.15) is 44.1 Å². The fraction of sp³-hybridized carbons (Fsp3) is 0.600. The van der Waals surface area contributed by atoms with Crippen LogP contribution >= 0.6 is 15.9 Å². The van der Waals surface area contributed by atoms with Gasteiger partial charge in [0, 0.05) is 4.47 Å². The Labute approximate surface area is 123 Å². The molecule has 1 fully saturated rings. The van der Waals surface area contributed by atoms with Gasteiger partial charge in [0.2, 0.25) is 0 Å². The lowest BCUT2D eigenvalue weighted by molar-refractivity contribution is 0.200. The van der Waals surface area contributed by atoms with Crippen molar-refractivity contribution < 1.29 is 9.47 Å². The van der Waals surface area contributed by atoms with Gasteiger partial charge in [-0.15, -0.1) is 0 Å². The van der Waals surface area contributed by atoms with Crippen LogP contribution in [0.3, 0.4) is 0 Å². The van der Waals surface area contributed by atoms with Crippen molar-refractivity contribution in [2.75, 3.05) is 13.7 Å². The average Bonchev–Trinajstić information content (AvgIpc) is 2.91. The van der Waals surface area contributed by atoms with Crippen LogP contribution < -0.4 is 15.2 Å². The van der Waals surface area contributed by atoms with E-state index in [2.05, 4.69) is 22.9 Å². The summed E-state index contributed by atoms with van der Waals surface area (Å²) in [7, 11) is 1.68. The van der Waals surface area contributed by atoms with E-state index in [1.807, 2.05) is 12.1 Å². The van der Waals surface area contributed by atoms with Crippen molar-refractivity contribution in [2.45, 2.75) is 44.6 Å². The number of nitrogens with two attached hydrogens (primary N) is 1. The lowest BCUT2D eigenvalue weighted by Gasteiger charge is -2.19. The smallest absolute Gasteiger partial charge is 0.162 e. The van der Waals surface area contributed by atoms with Crippen molar-refractivity contribution in [1.29, 1.82) is 0 Å². The SMILES string of the molecule is COc1cc(C(C)CN)c(Br)cc1OC1CCCC1. The van der Waals surface area contributed by atoms with Gasteiger partial charge in [-0.25, -0.2) is 0 Å². The molecule has 0 radical (unpaired) electrons. The molecule has 1 aromatic carbocycles. The predicted octanol–water partition coefficient (Wildman–Crippen LogP) is 3.84. The van der Waals surface area contributed by atoms with E-state index in [4.69, 9.17) is 15.2 Å². The van der Waals surface area contributed by atoms with E-state index in [1.54, 1.807) is 7.11 Å². The monoisotopic (exact) mass is 327 g/mol. The van der Waals surface area contributed by atoms with Gasteiger partial charge >= 0.3 is 0 Å². The first-order chi connectivity index (χ1) is 9.15. The molecule has 1 aliphatic rings. The van der Waals surface area contributed by atoms with Crippen LogP contribution in [0.5, 0.6) is 11.5 Å². The molecule has 3 nitrogen and oxygen atoms in total. The maximum Gasteiger partial charge on any atom is 0.162 e. The van der Waals surface area contributed by atoms with E-state index in [-0.39, 0.29) is 0 Å². The maximum absolute atomic E-state index is 6.06. The van der Waals surface area contributed by atoms with Gasteiger partial charge in [0.15, 0.2) is 11.5 Å². The molecular formula is C15H22BrNO2. The Bertz CT molecular complexity index is 430. The molecule has 106 valence electrons. The molecule has 0 saturated heterocycles. The predicted molar refractivity (Wildman–Crippen MR) is 81.0 cm³/mol. The second kappa shape index (κ2) is 6.62. The van der Waals surface area contributed by atoms with Crippen LogP contribution in [0.2, 0.25) is 0 Å². The molecule has 19 heavy (non-hydrogen) atoms. The molecule has 1 aliphatic carbocycles. The molecular weight excluding hydrogens is 306 g/mol. The third kappa shape index (κ3) is 3.42. The third-order valence-electron chi connectivity index (χ3n) is 3.76. The second-order valence-electron chi connectivity index (χ2n) is 5.19. The molecule has 0 bridgehead atoms. The summed E-state index contributed by atoms with van der Waals surface area (Å²) in [5, 5.41) is 0. The van der Waals surface area contributed by atoms with E-state index in [1.165, 1.54) is 12.8 Å². The Kier molecular flexibility index (Phi) is 5.11. The minimum atomic E-state index is 0.295. The average molecular weight is 328 g/mol. The molecule has 4 heteroatoms. The van der Waals surface area contributed by atoms with Crippen molar-refractivity contribution in [3.63, 3.8) is 0 Å².